The van der Waals surface area contributed by atoms with E-state index >= 15 is 0 Å². The van der Waals surface area contributed by atoms with Crippen molar-refractivity contribution in [2.75, 3.05) is 33.2 Å². The molecule has 2 aromatic rings. The minimum atomic E-state index is 0. The fourth-order valence-corrected chi connectivity index (χ4v) is 5.01. The predicted octanol–water partition coefficient (Wildman–Crippen LogP) is 4.49. The summed E-state index contributed by atoms with van der Waals surface area (Å²) in [6, 6.07) is 6.02. The van der Waals surface area contributed by atoms with Crippen LogP contribution in [0.1, 0.15) is 32.3 Å². The Morgan fingerprint density at radius 3 is 2.52 bits per heavy atom. The van der Waals surface area contributed by atoms with Gasteiger partial charge in [-0.25, -0.2) is 4.98 Å². The number of aliphatic imine (C=N–C) groups is 1. The molecule has 4 rings (SSSR count). The van der Waals surface area contributed by atoms with Crippen LogP contribution < -0.4 is 19.5 Å². The molecule has 1 aliphatic heterocycles. The summed E-state index contributed by atoms with van der Waals surface area (Å²) in [5.74, 6) is 2.05. The van der Waals surface area contributed by atoms with Crippen molar-refractivity contribution in [2.45, 2.75) is 38.1 Å². The maximum absolute atomic E-state index is 5.42. The minimum Gasteiger partial charge on any atom is -0.493 e. The molecule has 0 bridgehead atoms. The van der Waals surface area contributed by atoms with E-state index < -0.39 is 0 Å². The zero-order valence-corrected chi connectivity index (χ0v) is 22.1. The van der Waals surface area contributed by atoms with Gasteiger partial charge in [-0.1, -0.05) is 31.7 Å². The molecule has 1 aliphatic carbocycles. The highest BCUT2D eigenvalue weighted by Crippen LogP contribution is 2.49. The summed E-state index contributed by atoms with van der Waals surface area (Å²) >= 11 is 1.66. The third-order valence-corrected chi connectivity index (χ3v) is 6.62. The highest BCUT2D eigenvalue weighted by molar-refractivity contribution is 8.93. The van der Waals surface area contributed by atoms with E-state index in [4.69, 9.17) is 19.2 Å². The molecule has 1 aromatic heterocycles. The smallest absolute Gasteiger partial charge is 0.241 e. The average Bonchev–Trinajstić information content (AvgIpc) is 2.76. The second kappa shape index (κ2) is 11.2. The lowest BCUT2D eigenvalue weighted by molar-refractivity contribution is 0.354. The van der Waals surface area contributed by atoms with Crippen LogP contribution in [0.15, 0.2) is 45.1 Å². The van der Waals surface area contributed by atoms with Gasteiger partial charge in [0.25, 0.3) is 0 Å². The third-order valence-electron chi connectivity index (χ3n) is 5.43. The van der Waals surface area contributed by atoms with Crippen molar-refractivity contribution in [3.05, 3.63) is 40.7 Å². The Kier molecular flexibility index (Phi) is 9.16. The Balaban J connectivity index is 0.00000193. The topological polar surface area (TPSA) is 109 Å². The molecule has 0 unspecified atom stereocenters. The molecule has 2 heterocycles. The van der Waals surface area contributed by atoms with Crippen LogP contribution in [0.5, 0.6) is 17.4 Å². The van der Waals surface area contributed by atoms with Crippen LogP contribution >= 0.6 is 28.7 Å². The highest BCUT2D eigenvalue weighted by atomic mass is 79.9. The molecule has 0 atom stereocenters. The number of halogens is 1. The lowest BCUT2D eigenvalue weighted by atomic mass is 9.78. The van der Waals surface area contributed by atoms with E-state index in [1.807, 2.05) is 12.1 Å². The number of allylic oxidation sites excluding steroid dienone is 2. The minimum absolute atomic E-state index is 0. The molecular formula is C23H31BrN4O4S. The SMILES string of the molecule is Br.COc1ccc(CCN=C2CC(C)(C)CC3=C2Sc2ncnc(OC)c2N3)cc1OC.O. The summed E-state index contributed by atoms with van der Waals surface area (Å²) in [4.78, 5) is 14.9. The normalized spacial score (nSPS) is 17.1. The van der Waals surface area contributed by atoms with Gasteiger partial charge in [-0.3, -0.25) is 4.99 Å². The van der Waals surface area contributed by atoms with Crippen molar-refractivity contribution in [1.82, 2.24) is 9.97 Å². The van der Waals surface area contributed by atoms with Crippen molar-refractivity contribution in [1.29, 1.82) is 0 Å². The summed E-state index contributed by atoms with van der Waals surface area (Å²) < 4.78 is 16.2. The van der Waals surface area contributed by atoms with Crippen LogP contribution in [0.4, 0.5) is 5.69 Å². The zero-order valence-electron chi connectivity index (χ0n) is 19.5. The zero-order chi connectivity index (χ0) is 22.0. The van der Waals surface area contributed by atoms with Gasteiger partial charge in [0, 0.05) is 12.2 Å². The predicted molar refractivity (Wildman–Crippen MR) is 138 cm³/mol. The summed E-state index contributed by atoms with van der Waals surface area (Å²) in [6.07, 6.45) is 4.25. The lowest BCUT2D eigenvalue weighted by Crippen LogP contribution is -2.29. The molecule has 0 fully saturated rings. The monoisotopic (exact) mass is 538 g/mol. The lowest BCUT2D eigenvalue weighted by Gasteiger charge is -2.36. The van der Waals surface area contributed by atoms with E-state index in [1.165, 1.54) is 16.2 Å². The van der Waals surface area contributed by atoms with Gasteiger partial charge in [0.1, 0.15) is 17.0 Å². The number of thioether (sulfide) groups is 1. The molecule has 1 aromatic carbocycles. The molecule has 0 saturated carbocycles. The Labute approximate surface area is 209 Å². The summed E-state index contributed by atoms with van der Waals surface area (Å²) in [5, 5.41) is 4.41. The Hall–Kier alpha value is -2.30. The van der Waals surface area contributed by atoms with Crippen molar-refractivity contribution < 1.29 is 19.7 Å². The van der Waals surface area contributed by atoms with Crippen LogP contribution in [-0.4, -0.2) is 49.0 Å². The Morgan fingerprint density at radius 2 is 1.82 bits per heavy atom. The van der Waals surface area contributed by atoms with Gasteiger partial charge in [0.2, 0.25) is 5.88 Å². The molecule has 0 spiro atoms. The van der Waals surface area contributed by atoms with Crippen LogP contribution in [0.2, 0.25) is 0 Å². The number of hydrogen-bond acceptors (Lipinski definition) is 8. The standard InChI is InChI=1S/C23H28N4O3S.BrH.H2O/c1-23(2)11-15(24-9-8-14-6-7-17(28-3)18(10-14)29-4)20-16(12-23)27-19-21(30-5)25-13-26-22(19)31-20;;/h6-7,10,13,27H,8-9,11-12H2,1-5H3;1H;1H2. The molecule has 0 saturated heterocycles. The van der Waals surface area contributed by atoms with Crippen LogP contribution in [0.3, 0.4) is 0 Å². The molecule has 180 valence electrons. The van der Waals surface area contributed by atoms with Crippen LogP contribution in [0, 0.1) is 5.41 Å². The van der Waals surface area contributed by atoms with E-state index in [9.17, 15) is 0 Å². The first-order chi connectivity index (χ1) is 14.9. The second-order valence-corrected chi connectivity index (χ2v) is 9.38. The summed E-state index contributed by atoms with van der Waals surface area (Å²) in [6.45, 7) is 5.26. The van der Waals surface area contributed by atoms with Crippen molar-refractivity contribution in [2.24, 2.45) is 10.4 Å². The van der Waals surface area contributed by atoms with Gasteiger partial charge in [-0.15, -0.1) is 17.0 Å². The molecule has 3 N–H and O–H groups in total. The number of aromatic nitrogens is 2. The first kappa shape index (κ1) is 26.9. The molecule has 33 heavy (non-hydrogen) atoms. The van der Waals surface area contributed by atoms with Gasteiger partial charge in [-0.05, 0) is 42.4 Å². The number of methoxy groups -OCH3 is 3. The maximum atomic E-state index is 5.42. The fourth-order valence-electron chi connectivity index (χ4n) is 3.98. The van der Waals surface area contributed by atoms with E-state index in [-0.39, 0.29) is 27.9 Å². The first-order valence-electron chi connectivity index (χ1n) is 10.3. The number of benzene rings is 1. The third kappa shape index (κ3) is 5.80. The number of hydrogen-bond donors (Lipinski definition) is 1. The average molecular weight is 539 g/mol. The Bertz CT molecular complexity index is 1060. The second-order valence-electron chi connectivity index (χ2n) is 8.38. The van der Waals surface area contributed by atoms with Gasteiger partial charge < -0.3 is 25.0 Å². The van der Waals surface area contributed by atoms with Gasteiger partial charge in [-0.2, -0.15) is 4.98 Å². The van der Waals surface area contributed by atoms with Gasteiger partial charge >= 0.3 is 0 Å². The molecule has 10 heteroatoms. The number of ether oxygens (including phenoxy) is 3. The fraction of sp³-hybridized carbons (Fsp3) is 0.435. The van der Waals surface area contributed by atoms with Crippen LogP contribution in [0.25, 0.3) is 0 Å². The number of anilines is 1. The van der Waals surface area contributed by atoms with Gasteiger partial charge in [0.05, 0.1) is 31.9 Å². The summed E-state index contributed by atoms with van der Waals surface area (Å²) in [7, 11) is 4.93. The van der Waals surface area contributed by atoms with Crippen molar-refractivity contribution in [3.63, 3.8) is 0 Å². The van der Waals surface area contributed by atoms with Crippen molar-refractivity contribution >= 4 is 40.1 Å². The molecule has 8 nitrogen and oxygen atoms in total. The van der Waals surface area contributed by atoms with Crippen LogP contribution in [-0.2, 0) is 6.42 Å². The number of nitrogens with zero attached hydrogens (tertiary/aromatic N) is 3. The largest absolute Gasteiger partial charge is 0.493 e. The van der Waals surface area contributed by atoms with E-state index in [1.54, 1.807) is 39.4 Å². The van der Waals surface area contributed by atoms with Gasteiger partial charge in [0.15, 0.2) is 11.5 Å². The Morgan fingerprint density at radius 1 is 1.06 bits per heavy atom. The van der Waals surface area contributed by atoms with E-state index in [2.05, 4.69) is 35.2 Å². The quantitative estimate of drug-likeness (QED) is 0.539. The number of nitrogens with one attached hydrogen (secondary N) is 1. The van der Waals surface area contributed by atoms with E-state index in [0.29, 0.717) is 12.4 Å². The molecule has 2 aliphatic rings. The molecule has 0 amide bonds. The maximum Gasteiger partial charge on any atom is 0.241 e. The van der Waals surface area contributed by atoms with E-state index in [0.717, 1.165) is 47.2 Å². The first-order valence-corrected chi connectivity index (χ1v) is 11.1. The molecule has 0 radical (unpaired) electrons. The highest BCUT2D eigenvalue weighted by Gasteiger charge is 2.36. The molecular weight excluding hydrogens is 508 g/mol. The van der Waals surface area contributed by atoms with Crippen molar-refractivity contribution in [3.8, 4) is 17.4 Å². The summed E-state index contributed by atoms with van der Waals surface area (Å²) in [5.41, 5.74) is 4.44. The number of fused-ring (bicyclic) bond motifs is 1. The number of rotatable bonds is 6.